The van der Waals surface area contributed by atoms with Gasteiger partial charge in [0.05, 0.1) is 12.0 Å². The van der Waals surface area contributed by atoms with E-state index in [1.807, 2.05) is 0 Å². The molecule has 2 aromatic rings. The van der Waals surface area contributed by atoms with Gasteiger partial charge in [0.25, 0.3) is 5.91 Å². The van der Waals surface area contributed by atoms with E-state index in [-0.39, 0.29) is 24.4 Å². The van der Waals surface area contributed by atoms with Crippen molar-refractivity contribution in [3.63, 3.8) is 0 Å². The molecule has 0 saturated heterocycles. The molecule has 0 unspecified atom stereocenters. The van der Waals surface area contributed by atoms with Gasteiger partial charge in [0, 0.05) is 13.0 Å². The maximum absolute atomic E-state index is 12.3. The van der Waals surface area contributed by atoms with Crippen LogP contribution in [0.2, 0.25) is 0 Å². The molecule has 0 saturated carbocycles. The highest BCUT2D eigenvalue weighted by Crippen LogP contribution is 2.29. The second-order valence-electron chi connectivity index (χ2n) is 4.93. The summed E-state index contributed by atoms with van der Waals surface area (Å²) in [6.07, 6.45) is -3.17. The van der Waals surface area contributed by atoms with Crippen molar-refractivity contribution < 1.29 is 31.9 Å². The molecule has 0 aliphatic heterocycles. The average Bonchev–Trinajstić information content (AvgIpc) is 3.06. The largest absolute Gasteiger partial charge is 0.573 e. The molecule has 0 bridgehead atoms. The van der Waals surface area contributed by atoms with E-state index >= 15 is 0 Å². The van der Waals surface area contributed by atoms with E-state index < -0.39 is 23.9 Å². The van der Waals surface area contributed by atoms with Crippen LogP contribution in [-0.2, 0) is 4.79 Å². The number of hydrogen-bond acceptors (Lipinski definition) is 4. The average molecular weight is 356 g/mol. The summed E-state index contributed by atoms with van der Waals surface area (Å²) in [5.41, 5.74) is -0.0792. The first-order valence-corrected chi connectivity index (χ1v) is 7.31. The number of carbonyl (C=O) groups is 2. The summed E-state index contributed by atoms with van der Waals surface area (Å²) >= 11 is 0. The van der Waals surface area contributed by atoms with E-state index in [1.54, 1.807) is 6.07 Å². The Morgan fingerprint density at radius 3 is 2.56 bits per heavy atom. The standard InChI is InChI=1S/C16H15F3N2O4/c17-16(18,19)25-12-6-2-1-5-11(12)21-14(22)8-3-9-20-15(23)13-7-4-10-24-13/h1-2,4-7,10H,3,8-9H2,(H,20,23)(H,21,22). The van der Waals surface area contributed by atoms with Gasteiger partial charge < -0.3 is 19.8 Å². The minimum Gasteiger partial charge on any atom is -0.459 e. The normalized spacial score (nSPS) is 11.0. The molecule has 0 aliphatic rings. The van der Waals surface area contributed by atoms with Gasteiger partial charge in [-0.15, -0.1) is 13.2 Å². The SMILES string of the molecule is O=C(CCCNC(=O)c1ccco1)Nc1ccccc1OC(F)(F)F. The van der Waals surface area contributed by atoms with Crippen LogP contribution in [0.5, 0.6) is 5.75 Å². The first-order valence-electron chi connectivity index (χ1n) is 7.31. The second kappa shape index (κ2) is 8.22. The predicted molar refractivity (Wildman–Crippen MR) is 82.0 cm³/mol. The first-order chi connectivity index (χ1) is 11.8. The number of halogens is 3. The molecular formula is C16H15F3N2O4. The van der Waals surface area contributed by atoms with Crippen LogP contribution in [0.3, 0.4) is 0 Å². The lowest BCUT2D eigenvalue weighted by molar-refractivity contribution is -0.274. The van der Waals surface area contributed by atoms with Gasteiger partial charge >= 0.3 is 6.36 Å². The molecule has 0 radical (unpaired) electrons. The number of ether oxygens (including phenoxy) is 1. The lowest BCUT2D eigenvalue weighted by Gasteiger charge is -2.13. The lowest BCUT2D eigenvalue weighted by atomic mass is 10.2. The van der Waals surface area contributed by atoms with Crippen LogP contribution in [0.25, 0.3) is 0 Å². The summed E-state index contributed by atoms with van der Waals surface area (Å²) in [7, 11) is 0. The third-order valence-corrected chi connectivity index (χ3v) is 3.00. The van der Waals surface area contributed by atoms with Crippen molar-refractivity contribution in [3.8, 4) is 5.75 Å². The van der Waals surface area contributed by atoms with Gasteiger partial charge in [0.2, 0.25) is 5.91 Å². The van der Waals surface area contributed by atoms with Crippen molar-refractivity contribution in [3.05, 3.63) is 48.4 Å². The third-order valence-electron chi connectivity index (χ3n) is 3.00. The van der Waals surface area contributed by atoms with Crippen LogP contribution in [0.1, 0.15) is 23.4 Å². The summed E-state index contributed by atoms with van der Waals surface area (Å²) in [4.78, 5) is 23.4. The topological polar surface area (TPSA) is 80.6 Å². The van der Waals surface area contributed by atoms with Crippen LogP contribution in [0.15, 0.2) is 47.1 Å². The quantitative estimate of drug-likeness (QED) is 0.746. The number of anilines is 1. The molecule has 0 spiro atoms. The number of para-hydroxylation sites is 2. The maximum atomic E-state index is 12.3. The fraction of sp³-hybridized carbons (Fsp3) is 0.250. The van der Waals surface area contributed by atoms with Crippen LogP contribution < -0.4 is 15.4 Å². The number of benzene rings is 1. The van der Waals surface area contributed by atoms with Gasteiger partial charge in [0.1, 0.15) is 0 Å². The Labute approximate surface area is 141 Å². The van der Waals surface area contributed by atoms with Crippen molar-refractivity contribution in [1.82, 2.24) is 5.32 Å². The molecule has 0 atom stereocenters. The third kappa shape index (κ3) is 6.21. The highest BCUT2D eigenvalue weighted by Gasteiger charge is 2.32. The zero-order valence-electron chi connectivity index (χ0n) is 12.9. The van der Waals surface area contributed by atoms with Crippen molar-refractivity contribution in [2.45, 2.75) is 19.2 Å². The van der Waals surface area contributed by atoms with Crippen LogP contribution >= 0.6 is 0 Å². The van der Waals surface area contributed by atoms with Crippen LogP contribution in [0.4, 0.5) is 18.9 Å². The highest BCUT2D eigenvalue weighted by molar-refractivity contribution is 5.92. The Morgan fingerprint density at radius 1 is 1.12 bits per heavy atom. The molecule has 2 amide bonds. The van der Waals surface area contributed by atoms with Gasteiger partial charge in [0.15, 0.2) is 11.5 Å². The maximum Gasteiger partial charge on any atom is 0.573 e. The van der Waals surface area contributed by atoms with Gasteiger partial charge in [-0.2, -0.15) is 0 Å². The number of hydrogen-bond donors (Lipinski definition) is 2. The Kier molecular flexibility index (Phi) is 6.04. The summed E-state index contributed by atoms with van der Waals surface area (Å²) in [5.74, 6) is -1.24. The Bertz CT molecular complexity index is 714. The van der Waals surface area contributed by atoms with Gasteiger partial charge in [-0.3, -0.25) is 9.59 Å². The minimum atomic E-state index is -4.85. The summed E-state index contributed by atoms with van der Waals surface area (Å²) in [6.45, 7) is 0.216. The van der Waals surface area contributed by atoms with E-state index in [9.17, 15) is 22.8 Å². The first kappa shape index (κ1) is 18.4. The van der Waals surface area contributed by atoms with E-state index in [1.165, 1.54) is 30.5 Å². The zero-order chi connectivity index (χ0) is 18.3. The number of nitrogens with one attached hydrogen (secondary N) is 2. The fourth-order valence-corrected chi connectivity index (χ4v) is 1.94. The molecule has 1 aromatic heterocycles. The van der Waals surface area contributed by atoms with Crippen molar-refractivity contribution in [2.75, 3.05) is 11.9 Å². The minimum absolute atomic E-state index is 0.0127. The molecule has 25 heavy (non-hydrogen) atoms. The number of furan rings is 1. The monoisotopic (exact) mass is 356 g/mol. The molecule has 134 valence electrons. The van der Waals surface area contributed by atoms with Gasteiger partial charge in [-0.1, -0.05) is 12.1 Å². The van der Waals surface area contributed by atoms with Crippen molar-refractivity contribution in [2.24, 2.45) is 0 Å². The highest BCUT2D eigenvalue weighted by atomic mass is 19.4. The fourth-order valence-electron chi connectivity index (χ4n) is 1.94. The van der Waals surface area contributed by atoms with E-state index in [4.69, 9.17) is 4.42 Å². The number of amides is 2. The molecule has 0 aliphatic carbocycles. The number of rotatable bonds is 7. The van der Waals surface area contributed by atoms with Gasteiger partial charge in [-0.05, 0) is 30.7 Å². The Balaban J connectivity index is 1.78. The lowest BCUT2D eigenvalue weighted by Crippen LogP contribution is -2.25. The molecule has 6 nitrogen and oxygen atoms in total. The number of carbonyl (C=O) groups excluding carboxylic acids is 2. The predicted octanol–water partition coefficient (Wildman–Crippen LogP) is 3.33. The van der Waals surface area contributed by atoms with Crippen molar-refractivity contribution >= 4 is 17.5 Å². The van der Waals surface area contributed by atoms with Crippen LogP contribution in [0, 0.1) is 0 Å². The smallest absolute Gasteiger partial charge is 0.459 e. The molecule has 1 aromatic carbocycles. The Morgan fingerprint density at radius 2 is 1.88 bits per heavy atom. The molecule has 2 rings (SSSR count). The zero-order valence-corrected chi connectivity index (χ0v) is 12.9. The van der Waals surface area contributed by atoms with Crippen molar-refractivity contribution in [1.29, 1.82) is 0 Å². The second-order valence-corrected chi connectivity index (χ2v) is 4.93. The summed E-state index contributed by atoms with van der Waals surface area (Å²) in [5, 5.41) is 4.91. The van der Waals surface area contributed by atoms with Gasteiger partial charge in [-0.25, -0.2) is 0 Å². The molecule has 2 N–H and O–H groups in total. The molecular weight excluding hydrogens is 341 g/mol. The Hall–Kier alpha value is -2.97. The summed E-state index contributed by atoms with van der Waals surface area (Å²) in [6, 6.07) is 8.32. The number of alkyl halides is 3. The molecule has 0 fully saturated rings. The summed E-state index contributed by atoms with van der Waals surface area (Å²) < 4.78 is 45.7. The molecule has 9 heteroatoms. The van der Waals surface area contributed by atoms with E-state index in [2.05, 4.69) is 15.4 Å². The van der Waals surface area contributed by atoms with E-state index in [0.29, 0.717) is 6.42 Å². The molecule has 1 heterocycles. The van der Waals surface area contributed by atoms with Crippen LogP contribution in [-0.4, -0.2) is 24.7 Å². The van der Waals surface area contributed by atoms with E-state index in [0.717, 1.165) is 6.07 Å².